The molecule has 178 valence electrons. The largest absolute Gasteiger partial charge is 0.465 e. The number of ether oxygens (including phenoxy) is 1. The molecule has 3 aromatic carbocycles. The summed E-state index contributed by atoms with van der Waals surface area (Å²) in [5.74, 6) is 5.47. The lowest BCUT2D eigenvalue weighted by Crippen LogP contribution is -2.33. The topological polar surface area (TPSA) is 92.8 Å². The number of aryl methyl sites for hydroxylation is 1. The van der Waals surface area contributed by atoms with Gasteiger partial charge in [-0.05, 0) is 73.0 Å². The van der Waals surface area contributed by atoms with Crippen LogP contribution in [0.5, 0.6) is 0 Å². The van der Waals surface area contributed by atoms with Crippen LogP contribution < -0.4 is 9.62 Å². The first-order chi connectivity index (χ1) is 16.8. The first-order valence-corrected chi connectivity index (χ1v) is 12.5. The fraction of sp³-hybridized carbons (Fsp3) is 0.185. The second kappa shape index (κ2) is 10.0. The van der Waals surface area contributed by atoms with E-state index < -0.39 is 16.0 Å². The minimum Gasteiger partial charge on any atom is -0.465 e. The van der Waals surface area contributed by atoms with Crippen molar-refractivity contribution in [1.82, 2.24) is 0 Å². The summed E-state index contributed by atoms with van der Waals surface area (Å²) in [4.78, 5) is 25.4. The van der Waals surface area contributed by atoms with E-state index in [1.807, 2.05) is 0 Å². The number of carbonyl (C=O) groups excluding carboxylic acids is 2. The number of amides is 1. The molecule has 0 saturated carbocycles. The number of carbonyl (C=O) groups is 2. The Bertz CT molecular complexity index is 1470. The quantitative estimate of drug-likeness (QED) is 0.443. The van der Waals surface area contributed by atoms with Gasteiger partial charge in [-0.2, -0.15) is 0 Å². The van der Waals surface area contributed by atoms with Crippen molar-refractivity contribution in [1.29, 1.82) is 0 Å². The lowest BCUT2D eigenvalue weighted by Gasteiger charge is -2.28. The molecule has 0 aromatic heterocycles. The Hall–Kier alpha value is -4.09. The number of hydrogen-bond donors (Lipinski definition) is 1. The molecule has 0 spiro atoms. The van der Waals surface area contributed by atoms with Crippen LogP contribution >= 0.6 is 0 Å². The second-order valence-corrected chi connectivity index (χ2v) is 9.76. The van der Waals surface area contributed by atoms with Crippen LogP contribution in [0.2, 0.25) is 0 Å². The summed E-state index contributed by atoms with van der Waals surface area (Å²) < 4.78 is 33.4. The van der Waals surface area contributed by atoms with Gasteiger partial charge in [-0.15, -0.1) is 0 Å². The third kappa shape index (κ3) is 5.53. The van der Waals surface area contributed by atoms with Crippen LogP contribution in [0.15, 0.2) is 71.6 Å². The van der Waals surface area contributed by atoms with E-state index in [0.717, 1.165) is 17.7 Å². The molecule has 1 aliphatic heterocycles. The van der Waals surface area contributed by atoms with Gasteiger partial charge >= 0.3 is 5.97 Å². The van der Waals surface area contributed by atoms with Crippen molar-refractivity contribution in [3.05, 3.63) is 89.0 Å². The molecule has 1 aliphatic rings. The molecule has 0 fully saturated rings. The molecular weight excluding hydrogens is 464 g/mol. The fourth-order valence-corrected chi connectivity index (χ4v) is 5.03. The lowest BCUT2D eigenvalue weighted by molar-refractivity contribution is -0.116. The molecule has 4 rings (SSSR count). The van der Waals surface area contributed by atoms with Gasteiger partial charge in [-0.1, -0.05) is 24.0 Å². The molecule has 1 heterocycles. The van der Waals surface area contributed by atoms with Crippen LogP contribution in [0.4, 0.5) is 11.4 Å². The predicted molar refractivity (Wildman–Crippen MR) is 134 cm³/mol. The van der Waals surface area contributed by atoms with Crippen LogP contribution in [0.3, 0.4) is 0 Å². The maximum atomic E-state index is 13.1. The number of nitrogens with zero attached hydrogens (tertiary/aromatic N) is 1. The summed E-state index contributed by atoms with van der Waals surface area (Å²) in [6.45, 7) is 2.14. The average Bonchev–Trinajstić information content (AvgIpc) is 2.86. The number of esters is 1. The van der Waals surface area contributed by atoms with Crippen LogP contribution in [0, 0.1) is 11.8 Å². The van der Waals surface area contributed by atoms with Crippen molar-refractivity contribution in [3.63, 3.8) is 0 Å². The Balaban J connectivity index is 1.55. The third-order valence-electron chi connectivity index (χ3n) is 5.61. The monoisotopic (exact) mass is 488 g/mol. The van der Waals surface area contributed by atoms with Crippen molar-refractivity contribution in [3.8, 4) is 11.8 Å². The molecular formula is C27H24N2O5S. The van der Waals surface area contributed by atoms with Crippen LogP contribution in [0.1, 0.15) is 40.4 Å². The van der Waals surface area contributed by atoms with E-state index in [2.05, 4.69) is 16.6 Å². The molecule has 3 aromatic rings. The summed E-state index contributed by atoms with van der Waals surface area (Å²) in [5, 5.41) is 0. The number of benzene rings is 3. The number of methoxy groups -OCH3 is 1. The number of sulfonamides is 1. The van der Waals surface area contributed by atoms with Gasteiger partial charge in [0.2, 0.25) is 5.91 Å². The van der Waals surface area contributed by atoms with E-state index in [4.69, 9.17) is 4.74 Å². The molecule has 7 nitrogen and oxygen atoms in total. The summed E-state index contributed by atoms with van der Waals surface area (Å²) in [6.07, 6.45) is 1.50. The van der Waals surface area contributed by atoms with Crippen LogP contribution in [0.25, 0.3) is 0 Å². The molecule has 0 radical (unpaired) electrons. The van der Waals surface area contributed by atoms with E-state index >= 15 is 0 Å². The van der Waals surface area contributed by atoms with Crippen LogP contribution in [-0.4, -0.2) is 33.9 Å². The summed E-state index contributed by atoms with van der Waals surface area (Å²) in [6, 6.07) is 18.4. The average molecular weight is 489 g/mol. The molecule has 0 aliphatic carbocycles. The van der Waals surface area contributed by atoms with Gasteiger partial charge in [0.1, 0.15) is 0 Å². The SMILES string of the molecule is COC(=O)c1cccc(C#Cc2cccc(NS(=O)(=O)c3ccc4c(c3)CCCN4C(C)=O)c2)c1. The van der Waals surface area contributed by atoms with Gasteiger partial charge in [-0.3, -0.25) is 9.52 Å². The zero-order valence-electron chi connectivity index (χ0n) is 19.4. The summed E-state index contributed by atoms with van der Waals surface area (Å²) >= 11 is 0. The molecule has 0 bridgehead atoms. The van der Waals surface area contributed by atoms with E-state index in [0.29, 0.717) is 35.3 Å². The molecule has 0 atom stereocenters. The maximum Gasteiger partial charge on any atom is 0.337 e. The van der Waals surface area contributed by atoms with E-state index in [-0.39, 0.29) is 10.8 Å². The molecule has 0 saturated heterocycles. The zero-order valence-corrected chi connectivity index (χ0v) is 20.2. The van der Waals surface area contributed by atoms with Gasteiger partial charge in [-0.25, -0.2) is 13.2 Å². The minimum atomic E-state index is -3.84. The smallest absolute Gasteiger partial charge is 0.337 e. The first-order valence-electron chi connectivity index (χ1n) is 11.0. The Morgan fingerprint density at radius 2 is 1.69 bits per heavy atom. The molecule has 1 N–H and O–H groups in total. The van der Waals surface area contributed by atoms with Crippen molar-refractivity contribution >= 4 is 33.3 Å². The Labute approximate surface area is 204 Å². The molecule has 1 amide bonds. The lowest BCUT2D eigenvalue weighted by atomic mass is 10.0. The predicted octanol–water partition coefficient (Wildman–Crippen LogP) is 3.97. The molecule has 0 unspecified atom stereocenters. The number of hydrogen-bond acceptors (Lipinski definition) is 5. The van der Waals surface area contributed by atoms with Crippen molar-refractivity contribution < 1.29 is 22.7 Å². The third-order valence-corrected chi connectivity index (χ3v) is 6.99. The van der Waals surface area contributed by atoms with Crippen molar-refractivity contribution in [2.24, 2.45) is 0 Å². The van der Waals surface area contributed by atoms with Gasteiger partial charge in [0.15, 0.2) is 0 Å². The van der Waals surface area contributed by atoms with Crippen molar-refractivity contribution in [2.45, 2.75) is 24.7 Å². The number of fused-ring (bicyclic) bond motifs is 1. The molecule has 8 heteroatoms. The highest BCUT2D eigenvalue weighted by molar-refractivity contribution is 7.92. The second-order valence-electron chi connectivity index (χ2n) is 8.07. The zero-order chi connectivity index (χ0) is 25.0. The highest BCUT2D eigenvalue weighted by Gasteiger charge is 2.23. The van der Waals surface area contributed by atoms with E-state index in [9.17, 15) is 18.0 Å². The standard InChI is InChI=1S/C27H24N2O5S/c1-19(30)29-15-5-9-22-18-25(13-14-26(22)29)35(32,33)28-24-10-4-7-21(17-24)12-11-20-6-3-8-23(16-20)27(31)34-2/h3-4,6-8,10,13-14,16-18,28H,5,9,15H2,1-2H3. The number of rotatable bonds is 4. The number of anilines is 2. The Kier molecular flexibility index (Phi) is 6.90. The first kappa shape index (κ1) is 24.0. The Morgan fingerprint density at radius 3 is 2.40 bits per heavy atom. The van der Waals surface area contributed by atoms with Crippen molar-refractivity contribution in [2.75, 3.05) is 23.3 Å². The fourth-order valence-electron chi connectivity index (χ4n) is 3.93. The van der Waals surface area contributed by atoms with Gasteiger partial charge in [0, 0.05) is 30.3 Å². The van der Waals surface area contributed by atoms with Gasteiger partial charge in [0.05, 0.1) is 23.3 Å². The summed E-state index contributed by atoms with van der Waals surface area (Å²) in [7, 11) is -2.52. The minimum absolute atomic E-state index is 0.0605. The highest BCUT2D eigenvalue weighted by atomic mass is 32.2. The molecule has 35 heavy (non-hydrogen) atoms. The number of nitrogens with one attached hydrogen (secondary N) is 1. The van der Waals surface area contributed by atoms with Crippen LogP contribution in [-0.2, 0) is 26.0 Å². The van der Waals surface area contributed by atoms with Gasteiger partial charge in [0.25, 0.3) is 10.0 Å². The van der Waals surface area contributed by atoms with E-state index in [1.165, 1.54) is 20.1 Å². The normalized spacial score (nSPS) is 12.7. The van der Waals surface area contributed by atoms with Gasteiger partial charge < -0.3 is 9.64 Å². The van der Waals surface area contributed by atoms with E-state index in [1.54, 1.807) is 65.6 Å². The maximum absolute atomic E-state index is 13.1. The highest BCUT2D eigenvalue weighted by Crippen LogP contribution is 2.30. The Morgan fingerprint density at radius 1 is 0.971 bits per heavy atom. The summed E-state index contributed by atoms with van der Waals surface area (Å²) in [5.41, 5.74) is 3.61.